The summed E-state index contributed by atoms with van der Waals surface area (Å²) >= 11 is 0. The summed E-state index contributed by atoms with van der Waals surface area (Å²) in [6, 6.07) is 15.6. The Kier molecular flexibility index (Phi) is 5.57. The molecule has 1 atom stereocenters. The van der Waals surface area contributed by atoms with E-state index in [1.54, 1.807) is 41.3 Å². The number of amides is 1. The predicted octanol–water partition coefficient (Wildman–Crippen LogP) is 1.42. The summed E-state index contributed by atoms with van der Waals surface area (Å²) in [6.45, 7) is 1.89. The molecule has 0 N–H and O–H groups in total. The van der Waals surface area contributed by atoms with Crippen LogP contribution in [0, 0.1) is 0 Å². The van der Waals surface area contributed by atoms with E-state index in [2.05, 4.69) is 15.5 Å². The Morgan fingerprint density at radius 1 is 1.00 bits per heavy atom. The number of rotatable bonds is 5. The largest absolute Gasteiger partial charge is 0.444 e. The molecule has 1 amide bonds. The minimum atomic E-state index is -1.01. The van der Waals surface area contributed by atoms with Gasteiger partial charge in [-0.05, 0) is 34.7 Å². The van der Waals surface area contributed by atoms with Crippen molar-refractivity contribution in [3.8, 4) is 5.69 Å². The highest BCUT2D eigenvalue weighted by molar-refractivity contribution is 5.93. The normalized spacial score (nSPS) is 15.0. The zero-order valence-corrected chi connectivity index (χ0v) is 15.5. The third-order valence-corrected chi connectivity index (χ3v) is 4.59. The first-order chi connectivity index (χ1) is 14.2. The molecule has 1 unspecified atom stereocenters. The number of morpholine rings is 1. The Morgan fingerprint density at radius 2 is 1.72 bits per heavy atom. The van der Waals surface area contributed by atoms with E-state index in [-0.39, 0.29) is 5.91 Å². The molecule has 0 radical (unpaired) electrons. The van der Waals surface area contributed by atoms with E-state index in [9.17, 15) is 9.59 Å². The number of aromatic nitrogens is 4. The van der Waals surface area contributed by atoms with Crippen LogP contribution in [0.3, 0.4) is 0 Å². The predicted molar refractivity (Wildman–Crippen MR) is 101 cm³/mol. The minimum absolute atomic E-state index is 0.252. The lowest BCUT2D eigenvalue weighted by atomic mass is 10.1. The van der Waals surface area contributed by atoms with Crippen molar-refractivity contribution in [2.45, 2.75) is 6.10 Å². The third kappa shape index (κ3) is 4.30. The van der Waals surface area contributed by atoms with E-state index in [1.165, 1.54) is 11.0 Å². The van der Waals surface area contributed by atoms with Crippen LogP contribution in [-0.2, 0) is 14.3 Å². The number of benzene rings is 2. The molecule has 4 rings (SSSR count). The summed E-state index contributed by atoms with van der Waals surface area (Å²) in [5.41, 5.74) is 1.66. The van der Waals surface area contributed by atoms with Crippen LogP contribution >= 0.6 is 0 Å². The van der Waals surface area contributed by atoms with Crippen molar-refractivity contribution in [2.24, 2.45) is 0 Å². The highest BCUT2D eigenvalue weighted by atomic mass is 16.5. The lowest BCUT2D eigenvalue weighted by Crippen LogP contribution is -2.44. The van der Waals surface area contributed by atoms with Gasteiger partial charge >= 0.3 is 5.97 Å². The Labute approximate surface area is 166 Å². The van der Waals surface area contributed by atoms with Gasteiger partial charge < -0.3 is 14.4 Å². The average molecular weight is 393 g/mol. The van der Waals surface area contributed by atoms with Gasteiger partial charge in [0.05, 0.1) is 24.5 Å². The van der Waals surface area contributed by atoms with Crippen LogP contribution in [0.25, 0.3) is 5.69 Å². The zero-order chi connectivity index (χ0) is 20.1. The van der Waals surface area contributed by atoms with E-state index in [0.29, 0.717) is 43.1 Å². The van der Waals surface area contributed by atoms with Gasteiger partial charge in [0, 0.05) is 18.7 Å². The molecule has 0 spiro atoms. The quantitative estimate of drug-likeness (QED) is 0.605. The average Bonchev–Trinajstić information content (AvgIpc) is 3.33. The van der Waals surface area contributed by atoms with Crippen LogP contribution < -0.4 is 0 Å². The summed E-state index contributed by atoms with van der Waals surface area (Å²) in [5, 5.41) is 11.0. The molecule has 1 aromatic heterocycles. The van der Waals surface area contributed by atoms with Gasteiger partial charge in [-0.15, -0.1) is 5.10 Å². The van der Waals surface area contributed by atoms with E-state index < -0.39 is 12.1 Å². The summed E-state index contributed by atoms with van der Waals surface area (Å²) in [4.78, 5) is 27.5. The van der Waals surface area contributed by atoms with Crippen molar-refractivity contribution in [1.82, 2.24) is 25.1 Å². The highest BCUT2D eigenvalue weighted by Gasteiger charge is 2.30. The number of hydrogen-bond donors (Lipinski definition) is 0. The monoisotopic (exact) mass is 393 g/mol. The van der Waals surface area contributed by atoms with Crippen molar-refractivity contribution in [3.05, 3.63) is 72.1 Å². The maximum Gasteiger partial charge on any atom is 0.339 e. The first-order valence-electron chi connectivity index (χ1n) is 9.18. The molecule has 0 bridgehead atoms. The molecule has 2 aromatic carbocycles. The van der Waals surface area contributed by atoms with Crippen LogP contribution in [-0.4, -0.2) is 63.3 Å². The fourth-order valence-corrected chi connectivity index (χ4v) is 3.04. The second-order valence-electron chi connectivity index (χ2n) is 6.43. The first-order valence-corrected chi connectivity index (χ1v) is 9.18. The summed E-state index contributed by atoms with van der Waals surface area (Å²) in [6.07, 6.45) is 0.445. The molecular weight excluding hydrogens is 374 g/mol. The van der Waals surface area contributed by atoms with Gasteiger partial charge in [0.2, 0.25) is 6.10 Å². The second-order valence-corrected chi connectivity index (χ2v) is 6.43. The zero-order valence-electron chi connectivity index (χ0n) is 15.5. The maximum absolute atomic E-state index is 13.0. The number of tetrazole rings is 1. The Hall–Kier alpha value is -3.59. The fraction of sp³-hybridized carbons (Fsp3) is 0.250. The molecule has 148 valence electrons. The van der Waals surface area contributed by atoms with Crippen LogP contribution in [0.2, 0.25) is 0 Å². The molecule has 0 aliphatic carbocycles. The van der Waals surface area contributed by atoms with Crippen molar-refractivity contribution >= 4 is 11.9 Å². The molecule has 0 saturated carbocycles. The number of nitrogens with zero attached hydrogens (tertiary/aromatic N) is 5. The molecule has 9 heteroatoms. The van der Waals surface area contributed by atoms with E-state index in [0.717, 1.165) is 0 Å². The van der Waals surface area contributed by atoms with Crippen LogP contribution in [0.1, 0.15) is 22.0 Å². The number of carbonyl (C=O) groups excluding carboxylic acids is 2. The second kappa shape index (κ2) is 8.61. The van der Waals surface area contributed by atoms with Crippen LogP contribution in [0.5, 0.6) is 0 Å². The lowest BCUT2D eigenvalue weighted by Gasteiger charge is -2.30. The standard InChI is InChI=1S/C20H19N5O4/c26-19(24-10-12-28-13-11-24)18(15-4-2-1-3-5-15)29-20(27)16-6-8-17(9-7-16)25-14-21-22-23-25/h1-9,14,18H,10-13H2. The Bertz CT molecular complexity index is 954. The van der Waals surface area contributed by atoms with Crippen molar-refractivity contribution in [1.29, 1.82) is 0 Å². The van der Waals surface area contributed by atoms with Gasteiger partial charge in [0.1, 0.15) is 6.33 Å². The van der Waals surface area contributed by atoms with E-state index in [1.807, 2.05) is 18.2 Å². The smallest absolute Gasteiger partial charge is 0.339 e. The molecule has 1 aliphatic heterocycles. The SMILES string of the molecule is O=C(OC(C(=O)N1CCOCC1)c1ccccc1)c1ccc(-n2cnnn2)cc1. The molecule has 1 aliphatic rings. The number of carbonyl (C=O) groups is 2. The van der Waals surface area contributed by atoms with Gasteiger partial charge in [-0.1, -0.05) is 30.3 Å². The lowest BCUT2D eigenvalue weighted by molar-refractivity contribution is -0.145. The van der Waals surface area contributed by atoms with Crippen molar-refractivity contribution in [2.75, 3.05) is 26.3 Å². The number of esters is 1. The molecule has 1 fully saturated rings. The third-order valence-electron chi connectivity index (χ3n) is 4.59. The molecule has 3 aromatic rings. The van der Waals surface area contributed by atoms with Crippen molar-refractivity contribution < 1.29 is 19.1 Å². The first kappa shape index (κ1) is 18.8. The van der Waals surface area contributed by atoms with Gasteiger partial charge in [-0.3, -0.25) is 4.79 Å². The molecule has 2 heterocycles. The van der Waals surface area contributed by atoms with E-state index in [4.69, 9.17) is 9.47 Å². The minimum Gasteiger partial charge on any atom is -0.444 e. The maximum atomic E-state index is 13.0. The highest BCUT2D eigenvalue weighted by Crippen LogP contribution is 2.23. The van der Waals surface area contributed by atoms with Gasteiger partial charge in [-0.2, -0.15) is 0 Å². The number of hydrogen-bond acceptors (Lipinski definition) is 7. The molecule has 29 heavy (non-hydrogen) atoms. The Morgan fingerprint density at radius 3 is 2.38 bits per heavy atom. The fourth-order valence-electron chi connectivity index (χ4n) is 3.04. The van der Waals surface area contributed by atoms with Gasteiger partial charge in [0.15, 0.2) is 0 Å². The van der Waals surface area contributed by atoms with Crippen molar-refractivity contribution in [3.63, 3.8) is 0 Å². The molecular formula is C20H19N5O4. The summed E-state index contributed by atoms with van der Waals surface area (Å²) in [7, 11) is 0. The topological polar surface area (TPSA) is 99.4 Å². The van der Waals surface area contributed by atoms with Gasteiger partial charge in [0.25, 0.3) is 5.91 Å². The van der Waals surface area contributed by atoms with Crippen LogP contribution in [0.15, 0.2) is 60.9 Å². The summed E-state index contributed by atoms with van der Waals surface area (Å²) in [5.74, 6) is -0.832. The van der Waals surface area contributed by atoms with Gasteiger partial charge in [-0.25, -0.2) is 9.48 Å². The number of ether oxygens (including phenoxy) is 2. The molecule has 1 saturated heterocycles. The summed E-state index contributed by atoms with van der Waals surface area (Å²) < 4.78 is 12.4. The Balaban J connectivity index is 1.53. The molecule has 9 nitrogen and oxygen atoms in total. The van der Waals surface area contributed by atoms with Crippen LogP contribution in [0.4, 0.5) is 0 Å². The van der Waals surface area contributed by atoms with E-state index >= 15 is 0 Å².